The van der Waals surface area contributed by atoms with Crippen LogP contribution in [0.4, 0.5) is 5.69 Å². The van der Waals surface area contributed by atoms with Gasteiger partial charge in [0.2, 0.25) is 5.91 Å². The number of nitrogens with one attached hydrogen (secondary N) is 1. The monoisotopic (exact) mass is 290 g/mol. The van der Waals surface area contributed by atoms with Crippen molar-refractivity contribution in [3.8, 4) is 5.75 Å². The highest BCUT2D eigenvalue weighted by Gasteiger charge is 2.18. The van der Waals surface area contributed by atoms with Crippen LogP contribution in [-0.4, -0.2) is 32.1 Å². The first-order valence-corrected chi connectivity index (χ1v) is 8.05. The lowest BCUT2D eigenvalue weighted by Crippen LogP contribution is -2.48. The van der Waals surface area contributed by atoms with E-state index in [2.05, 4.69) is 12.2 Å². The van der Waals surface area contributed by atoms with E-state index in [1.165, 1.54) is 25.7 Å². The number of benzene rings is 1. The Morgan fingerprint density at radius 2 is 1.90 bits per heavy atom. The molecule has 0 radical (unpaired) electrons. The molecule has 1 aromatic carbocycles. The van der Waals surface area contributed by atoms with Gasteiger partial charge in [-0.15, -0.1) is 0 Å². The van der Waals surface area contributed by atoms with Crippen LogP contribution in [0.2, 0.25) is 0 Å². The van der Waals surface area contributed by atoms with Crippen molar-refractivity contribution < 1.29 is 9.53 Å². The molecule has 21 heavy (non-hydrogen) atoms. The lowest BCUT2D eigenvalue weighted by Gasteiger charge is -2.27. The van der Waals surface area contributed by atoms with Crippen molar-refractivity contribution >= 4 is 11.6 Å². The minimum absolute atomic E-state index is 0.130. The normalized spacial score (nSPS) is 15.3. The molecule has 0 atom stereocenters. The Kier molecular flexibility index (Phi) is 6.54. The third-order valence-electron chi connectivity index (χ3n) is 3.75. The van der Waals surface area contributed by atoms with Crippen LogP contribution in [0.15, 0.2) is 24.3 Å². The summed E-state index contributed by atoms with van der Waals surface area (Å²) in [5.74, 6) is 1.02. The molecule has 1 amide bonds. The number of unbranched alkanes of at least 4 members (excludes halogenated alkanes) is 4. The van der Waals surface area contributed by atoms with Gasteiger partial charge in [-0.1, -0.05) is 32.6 Å². The van der Waals surface area contributed by atoms with Crippen LogP contribution in [0.3, 0.4) is 0 Å². The highest BCUT2D eigenvalue weighted by atomic mass is 16.5. The van der Waals surface area contributed by atoms with Crippen LogP contribution in [0.1, 0.15) is 39.0 Å². The van der Waals surface area contributed by atoms with Gasteiger partial charge in [0.25, 0.3) is 0 Å². The van der Waals surface area contributed by atoms with Crippen LogP contribution >= 0.6 is 0 Å². The number of ether oxygens (including phenoxy) is 1. The van der Waals surface area contributed by atoms with Crippen LogP contribution in [0.25, 0.3) is 0 Å². The van der Waals surface area contributed by atoms with Crippen LogP contribution in [-0.2, 0) is 4.79 Å². The average molecular weight is 290 g/mol. The Labute approximate surface area is 127 Å². The zero-order valence-corrected chi connectivity index (χ0v) is 12.9. The molecule has 1 aliphatic heterocycles. The summed E-state index contributed by atoms with van der Waals surface area (Å²) in [5.41, 5.74) is 0.955. The zero-order chi connectivity index (χ0) is 14.9. The lowest BCUT2D eigenvalue weighted by molar-refractivity contribution is -0.118. The summed E-state index contributed by atoms with van der Waals surface area (Å²) < 4.78 is 5.74. The third-order valence-corrected chi connectivity index (χ3v) is 3.75. The maximum Gasteiger partial charge on any atom is 0.240 e. The zero-order valence-electron chi connectivity index (χ0n) is 12.9. The van der Waals surface area contributed by atoms with Crippen molar-refractivity contribution in [1.82, 2.24) is 5.32 Å². The minimum Gasteiger partial charge on any atom is -0.494 e. The molecular weight excluding hydrogens is 264 g/mol. The molecule has 0 bridgehead atoms. The van der Waals surface area contributed by atoms with E-state index in [-0.39, 0.29) is 5.91 Å². The molecule has 116 valence electrons. The van der Waals surface area contributed by atoms with Crippen LogP contribution < -0.4 is 15.0 Å². The largest absolute Gasteiger partial charge is 0.494 e. The molecule has 0 unspecified atom stereocenters. The number of piperazine rings is 1. The molecule has 0 spiro atoms. The standard InChI is InChI=1S/C17H26N2O2/c1-2-3-4-5-6-13-21-16-9-7-15(8-10-16)19-12-11-18-14-17(19)20/h7-10,18H,2-6,11-14H2,1H3. The Morgan fingerprint density at radius 3 is 2.62 bits per heavy atom. The molecule has 1 saturated heterocycles. The van der Waals surface area contributed by atoms with E-state index in [0.29, 0.717) is 6.54 Å². The van der Waals surface area contributed by atoms with Crippen LogP contribution in [0, 0.1) is 0 Å². The summed E-state index contributed by atoms with van der Waals surface area (Å²) in [6.45, 7) is 5.01. The number of amides is 1. The number of carbonyl (C=O) groups is 1. The van der Waals surface area contributed by atoms with Gasteiger partial charge in [0.1, 0.15) is 5.75 Å². The fourth-order valence-electron chi connectivity index (χ4n) is 2.50. The second kappa shape index (κ2) is 8.67. The van der Waals surface area contributed by atoms with Crippen molar-refractivity contribution in [1.29, 1.82) is 0 Å². The van der Waals surface area contributed by atoms with Crippen molar-refractivity contribution in [3.05, 3.63) is 24.3 Å². The van der Waals surface area contributed by atoms with Gasteiger partial charge in [0, 0.05) is 18.8 Å². The SMILES string of the molecule is CCCCCCCOc1ccc(N2CCNCC2=O)cc1. The summed E-state index contributed by atoms with van der Waals surface area (Å²) in [6.07, 6.45) is 6.23. The quantitative estimate of drug-likeness (QED) is 0.748. The summed E-state index contributed by atoms with van der Waals surface area (Å²) >= 11 is 0. The van der Waals surface area contributed by atoms with Crippen molar-refractivity contribution in [2.24, 2.45) is 0 Å². The number of nitrogens with zero attached hydrogens (tertiary/aromatic N) is 1. The number of hydrogen-bond acceptors (Lipinski definition) is 3. The number of hydrogen-bond donors (Lipinski definition) is 1. The smallest absolute Gasteiger partial charge is 0.240 e. The van der Waals surface area contributed by atoms with Gasteiger partial charge in [-0.3, -0.25) is 4.79 Å². The number of carbonyl (C=O) groups excluding carboxylic acids is 1. The number of anilines is 1. The molecule has 1 fully saturated rings. The van der Waals surface area contributed by atoms with Gasteiger partial charge in [0.05, 0.1) is 13.2 Å². The van der Waals surface area contributed by atoms with Crippen molar-refractivity contribution in [2.75, 3.05) is 31.1 Å². The molecule has 2 rings (SSSR count). The van der Waals surface area contributed by atoms with Gasteiger partial charge < -0.3 is 15.0 Å². The van der Waals surface area contributed by atoms with E-state index in [0.717, 1.165) is 37.6 Å². The highest BCUT2D eigenvalue weighted by molar-refractivity contribution is 5.95. The molecule has 0 aliphatic carbocycles. The molecule has 0 aromatic heterocycles. The van der Waals surface area contributed by atoms with E-state index in [4.69, 9.17) is 4.74 Å². The molecule has 1 aromatic rings. The second-order valence-electron chi connectivity index (χ2n) is 5.48. The van der Waals surface area contributed by atoms with Gasteiger partial charge in [-0.2, -0.15) is 0 Å². The van der Waals surface area contributed by atoms with E-state index in [9.17, 15) is 4.79 Å². The average Bonchev–Trinajstić information content (AvgIpc) is 2.52. The molecule has 1 aliphatic rings. The Hall–Kier alpha value is -1.55. The Morgan fingerprint density at radius 1 is 1.14 bits per heavy atom. The minimum atomic E-state index is 0.130. The van der Waals surface area contributed by atoms with Gasteiger partial charge in [-0.05, 0) is 30.7 Å². The predicted molar refractivity (Wildman–Crippen MR) is 85.9 cm³/mol. The van der Waals surface area contributed by atoms with Gasteiger partial charge in [-0.25, -0.2) is 0 Å². The topological polar surface area (TPSA) is 41.6 Å². The molecule has 4 nitrogen and oxygen atoms in total. The van der Waals surface area contributed by atoms with E-state index in [1.54, 1.807) is 0 Å². The van der Waals surface area contributed by atoms with Crippen molar-refractivity contribution in [2.45, 2.75) is 39.0 Å². The Balaban J connectivity index is 1.75. The summed E-state index contributed by atoms with van der Waals surface area (Å²) in [5, 5.41) is 3.08. The summed E-state index contributed by atoms with van der Waals surface area (Å²) in [4.78, 5) is 13.6. The highest BCUT2D eigenvalue weighted by Crippen LogP contribution is 2.20. The summed E-state index contributed by atoms with van der Waals surface area (Å²) in [7, 11) is 0. The summed E-state index contributed by atoms with van der Waals surface area (Å²) in [6, 6.07) is 7.85. The first-order chi connectivity index (χ1) is 10.3. The van der Waals surface area contributed by atoms with Crippen LogP contribution in [0.5, 0.6) is 5.75 Å². The molecule has 4 heteroatoms. The maximum atomic E-state index is 11.8. The number of rotatable bonds is 8. The first kappa shape index (κ1) is 15.8. The molecule has 1 N–H and O–H groups in total. The molecule has 1 heterocycles. The molecule has 0 saturated carbocycles. The van der Waals surface area contributed by atoms with E-state index in [1.807, 2.05) is 29.2 Å². The third kappa shape index (κ3) is 5.05. The lowest BCUT2D eigenvalue weighted by atomic mass is 10.2. The van der Waals surface area contributed by atoms with E-state index < -0.39 is 0 Å². The molecular formula is C17H26N2O2. The maximum absolute atomic E-state index is 11.8. The first-order valence-electron chi connectivity index (χ1n) is 8.05. The fraction of sp³-hybridized carbons (Fsp3) is 0.588. The van der Waals surface area contributed by atoms with Gasteiger partial charge >= 0.3 is 0 Å². The second-order valence-corrected chi connectivity index (χ2v) is 5.48. The fourth-order valence-corrected chi connectivity index (χ4v) is 2.50. The van der Waals surface area contributed by atoms with E-state index >= 15 is 0 Å². The van der Waals surface area contributed by atoms with Crippen molar-refractivity contribution in [3.63, 3.8) is 0 Å². The predicted octanol–water partition coefficient (Wildman–Crippen LogP) is 2.97. The van der Waals surface area contributed by atoms with Gasteiger partial charge in [0.15, 0.2) is 0 Å². The Bertz CT molecular complexity index is 431.